The largest absolute Gasteiger partial charge is 0.481 e. The molecule has 1 fully saturated rings. The molecule has 2 N–H and O–H groups in total. The lowest BCUT2D eigenvalue weighted by Crippen LogP contribution is -2.53. The van der Waals surface area contributed by atoms with Crippen LogP contribution in [0, 0.1) is 0 Å². The Labute approximate surface area is 197 Å². The summed E-state index contributed by atoms with van der Waals surface area (Å²) in [7, 11) is 1.57. The second kappa shape index (κ2) is 8.75. The molecule has 0 spiro atoms. The number of amides is 2. The fourth-order valence-electron chi connectivity index (χ4n) is 4.58. The molecule has 5 heterocycles. The number of rotatable bonds is 5. The zero-order valence-corrected chi connectivity index (χ0v) is 19.0. The van der Waals surface area contributed by atoms with Gasteiger partial charge >= 0.3 is 6.03 Å². The zero-order chi connectivity index (χ0) is 23.8. The molecule has 9 heteroatoms. The van der Waals surface area contributed by atoms with Crippen LogP contribution in [0.15, 0.2) is 55.5 Å². The molecular formula is C25H26N6O3. The van der Waals surface area contributed by atoms with E-state index < -0.39 is 0 Å². The number of anilines is 1. The Morgan fingerprint density at radius 3 is 2.68 bits per heavy atom. The van der Waals surface area contributed by atoms with Crippen LogP contribution in [0.3, 0.4) is 0 Å². The summed E-state index contributed by atoms with van der Waals surface area (Å²) < 4.78 is 5.16. The topological polar surface area (TPSA) is 104 Å². The lowest BCUT2D eigenvalue weighted by Gasteiger charge is -2.42. The molecule has 9 nitrogen and oxygen atoms in total. The molecule has 5 rings (SSSR count). The number of aromatic nitrogens is 3. The van der Waals surface area contributed by atoms with E-state index in [0.717, 1.165) is 35.3 Å². The number of methoxy groups -OCH3 is 1. The number of fused-ring (bicyclic) bond motifs is 3. The molecule has 2 aliphatic heterocycles. The molecule has 2 amide bonds. The third kappa shape index (κ3) is 3.73. The second-order valence-corrected chi connectivity index (χ2v) is 8.40. The first-order valence-corrected chi connectivity index (χ1v) is 11.1. The summed E-state index contributed by atoms with van der Waals surface area (Å²) in [6, 6.07) is 7.23. The van der Waals surface area contributed by atoms with E-state index in [9.17, 15) is 9.90 Å². The normalized spacial score (nSPS) is 16.4. The fraction of sp³-hybridized carbons (Fsp3) is 0.280. The molecular weight excluding hydrogens is 432 g/mol. The third-order valence-electron chi connectivity index (χ3n) is 6.43. The van der Waals surface area contributed by atoms with Crippen LogP contribution < -0.4 is 15.0 Å². The zero-order valence-electron chi connectivity index (χ0n) is 19.0. The highest BCUT2D eigenvalue weighted by atomic mass is 16.5. The molecule has 0 saturated carbocycles. The SMILES string of the molecule is C=C1NC(=O)N(C2CCN(C(=C)CO)CC2)c2c1cnc1ccc(-c3ccc(OC)nc3)nc21. The molecule has 0 bridgehead atoms. The molecule has 34 heavy (non-hydrogen) atoms. The van der Waals surface area contributed by atoms with Gasteiger partial charge in [-0.2, -0.15) is 0 Å². The molecule has 0 aliphatic carbocycles. The molecule has 1 saturated heterocycles. The first kappa shape index (κ1) is 21.8. The smallest absolute Gasteiger partial charge is 0.326 e. The van der Waals surface area contributed by atoms with Gasteiger partial charge in [-0.25, -0.2) is 14.8 Å². The molecule has 0 atom stereocenters. The van der Waals surface area contributed by atoms with E-state index in [1.807, 2.05) is 18.2 Å². The van der Waals surface area contributed by atoms with Crippen LogP contribution in [0.1, 0.15) is 18.4 Å². The minimum absolute atomic E-state index is 0.0340. The lowest BCUT2D eigenvalue weighted by molar-refractivity contribution is 0.208. The van der Waals surface area contributed by atoms with Crippen LogP contribution in [0.25, 0.3) is 28.0 Å². The highest BCUT2D eigenvalue weighted by Gasteiger charge is 2.36. The number of nitrogens with one attached hydrogen (secondary N) is 1. The van der Waals surface area contributed by atoms with Crippen LogP contribution in [-0.4, -0.2) is 63.8 Å². The molecule has 0 unspecified atom stereocenters. The summed E-state index contributed by atoms with van der Waals surface area (Å²) in [5.74, 6) is 0.526. The quantitative estimate of drug-likeness (QED) is 0.605. The molecule has 0 aromatic carbocycles. The molecule has 0 radical (unpaired) electrons. The van der Waals surface area contributed by atoms with Gasteiger partial charge in [-0.1, -0.05) is 13.2 Å². The number of pyridine rings is 3. The highest BCUT2D eigenvalue weighted by molar-refractivity contribution is 6.11. The summed E-state index contributed by atoms with van der Waals surface area (Å²) in [6.45, 7) is 9.32. The van der Waals surface area contributed by atoms with Crippen molar-refractivity contribution in [2.75, 3.05) is 31.7 Å². The number of ether oxygens (including phenoxy) is 1. The van der Waals surface area contributed by atoms with Gasteiger partial charge in [-0.15, -0.1) is 0 Å². The van der Waals surface area contributed by atoms with Crippen molar-refractivity contribution in [2.45, 2.75) is 18.9 Å². The van der Waals surface area contributed by atoms with Crippen molar-refractivity contribution in [2.24, 2.45) is 0 Å². The van der Waals surface area contributed by atoms with Crippen molar-refractivity contribution in [1.29, 1.82) is 0 Å². The monoisotopic (exact) mass is 458 g/mol. The Balaban J connectivity index is 1.58. The molecule has 3 aromatic heterocycles. The van der Waals surface area contributed by atoms with Crippen molar-refractivity contribution in [3.05, 3.63) is 61.1 Å². The number of hydrogen-bond acceptors (Lipinski definition) is 7. The molecule has 2 aliphatic rings. The number of aliphatic hydroxyl groups is 1. The Kier molecular flexibility index (Phi) is 5.62. The van der Waals surface area contributed by atoms with E-state index in [2.05, 4.69) is 33.3 Å². The lowest BCUT2D eigenvalue weighted by atomic mass is 9.98. The van der Waals surface area contributed by atoms with Crippen LogP contribution >= 0.6 is 0 Å². The Morgan fingerprint density at radius 2 is 2.00 bits per heavy atom. The Hall–Kier alpha value is -3.98. The van der Waals surface area contributed by atoms with Gasteiger partial charge in [-0.3, -0.25) is 9.88 Å². The van der Waals surface area contributed by atoms with Gasteiger partial charge in [0.1, 0.15) is 5.52 Å². The van der Waals surface area contributed by atoms with Crippen LogP contribution in [-0.2, 0) is 0 Å². The van der Waals surface area contributed by atoms with Crippen molar-refractivity contribution >= 4 is 28.4 Å². The van der Waals surface area contributed by atoms with E-state index in [-0.39, 0.29) is 18.7 Å². The summed E-state index contributed by atoms with van der Waals surface area (Å²) in [4.78, 5) is 30.9. The summed E-state index contributed by atoms with van der Waals surface area (Å²) in [5.41, 5.74) is 5.59. The number of likely N-dealkylation sites (tertiary alicyclic amines) is 1. The summed E-state index contributed by atoms with van der Waals surface area (Å²) >= 11 is 0. The van der Waals surface area contributed by atoms with Crippen LogP contribution in [0.2, 0.25) is 0 Å². The van der Waals surface area contributed by atoms with Gasteiger partial charge < -0.3 is 20.1 Å². The van der Waals surface area contributed by atoms with Gasteiger partial charge in [0.25, 0.3) is 0 Å². The van der Waals surface area contributed by atoms with Crippen molar-refractivity contribution in [1.82, 2.24) is 25.2 Å². The van der Waals surface area contributed by atoms with Crippen molar-refractivity contribution in [3.63, 3.8) is 0 Å². The maximum absolute atomic E-state index is 13.2. The van der Waals surface area contributed by atoms with E-state index in [1.54, 1.807) is 30.5 Å². The number of hydrogen-bond donors (Lipinski definition) is 2. The van der Waals surface area contributed by atoms with E-state index in [0.29, 0.717) is 41.4 Å². The number of aliphatic hydroxyl groups excluding tert-OH is 1. The number of urea groups is 1. The van der Waals surface area contributed by atoms with Gasteiger partial charge in [0.15, 0.2) is 0 Å². The van der Waals surface area contributed by atoms with E-state index >= 15 is 0 Å². The maximum Gasteiger partial charge on any atom is 0.326 e. The molecule has 3 aromatic rings. The van der Waals surface area contributed by atoms with Gasteiger partial charge in [0.2, 0.25) is 5.88 Å². The first-order chi connectivity index (χ1) is 16.5. The van der Waals surface area contributed by atoms with Crippen LogP contribution in [0.4, 0.5) is 10.5 Å². The van der Waals surface area contributed by atoms with Crippen molar-refractivity contribution < 1.29 is 14.6 Å². The van der Waals surface area contributed by atoms with Crippen LogP contribution in [0.5, 0.6) is 5.88 Å². The van der Waals surface area contributed by atoms with Gasteiger partial charge in [-0.05, 0) is 31.0 Å². The minimum Gasteiger partial charge on any atom is -0.481 e. The number of carbonyl (C=O) groups is 1. The van der Waals surface area contributed by atoms with Gasteiger partial charge in [0.05, 0.1) is 30.6 Å². The minimum atomic E-state index is -0.220. The highest BCUT2D eigenvalue weighted by Crippen LogP contribution is 2.38. The maximum atomic E-state index is 13.2. The Bertz CT molecular complexity index is 1280. The Morgan fingerprint density at radius 1 is 1.21 bits per heavy atom. The second-order valence-electron chi connectivity index (χ2n) is 8.40. The summed E-state index contributed by atoms with van der Waals surface area (Å²) in [5, 5.41) is 12.3. The summed E-state index contributed by atoms with van der Waals surface area (Å²) in [6.07, 6.45) is 4.93. The number of nitrogens with zero attached hydrogens (tertiary/aromatic N) is 5. The first-order valence-electron chi connectivity index (χ1n) is 11.1. The van der Waals surface area contributed by atoms with E-state index in [4.69, 9.17) is 9.72 Å². The van der Waals surface area contributed by atoms with Crippen molar-refractivity contribution in [3.8, 4) is 17.1 Å². The van der Waals surface area contributed by atoms with E-state index in [1.165, 1.54) is 0 Å². The number of piperidine rings is 1. The molecule has 174 valence electrons. The van der Waals surface area contributed by atoms with Gasteiger partial charge in [0, 0.05) is 60.1 Å². The average molecular weight is 459 g/mol. The predicted octanol–water partition coefficient (Wildman–Crippen LogP) is 3.17. The third-order valence-corrected chi connectivity index (χ3v) is 6.43. The predicted molar refractivity (Wildman–Crippen MR) is 130 cm³/mol. The fourth-order valence-corrected chi connectivity index (χ4v) is 4.58. The number of carbonyl (C=O) groups excluding carboxylic acids is 1. The average Bonchev–Trinajstić information content (AvgIpc) is 2.88. The standard InChI is InChI=1S/C25H26N6O3/c1-15(14-32)30-10-8-18(9-11-30)31-24-19(16(2)28-25(31)33)13-26-21-6-5-20(29-23(21)24)17-4-7-22(34-3)27-12-17/h4-7,12-13,18,32H,1-2,8-11,14H2,3H3,(H,28,33).